The van der Waals surface area contributed by atoms with Gasteiger partial charge in [0.2, 0.25) is 0 Å². The van der Waals surface area contributed by atoms with Gasteiger partial charge in [-0.3, -0.25) is 0 Å². The molecule has 29 heavy (non-hydrogen) atoms. The molecule has 2 N–H and O–H groups in total. The van der Waals surface area contributed by atoms with Crippen LogP contribution >= 0.6 is 46.7 Å². The summed E-state index contributed by atoms with van der Waals surface area (Å²) in [6.07, 6.45) is -1.68. The molecular formula is C18H20F3IN4OS2. The van der Waals surface area contributed by atoms with Crippen LogP contribution in [-0.2, 0) is 25.6 Å². The van der Waals surface area contributed by atoms with Crippen molar-refractivity contribution in [2.24, 2.45) is 4.99 Å². The van der Waals surface area contributed by atoms with Gasteiger partial charge in [-0.2, -0.15) is 13.2 Å². The van der Waals surface area contributed by atoms with Crippen LogP contribution in [0, 0.1) is 0 Å². The van der Waals surface area contributed by atoms with Crippen LogP contribution in [-0.4, -0.2) is 24.0 Å². The molecule has 0 saturated carbocycles. The molecule has 0 bridgehead atoms. The largest absolute Gasteiger partial charge is 0.469 e. The third-order valence-corrected chi connectivity index (χ3v) is 5.46. The Morgan fingerprint density at radius 2 is 1.90 bits per heavy atom. The fraction of sp³-hybridized carbons (Fsp3) is 0.333. The lowest BCUT2D eigenvalue weighted by atomic mass is 10.3. The second-order valence-corrected chi connectivity index (χ2v) is 7.78. The monoisotopic (exact) mass is 556 g/mol. The molecule has 0 saturated heterocycles. The van der Waals surface area contributed by atoms with E-state index in [-0.39, 0.29) is 24.0 Å². The predicted octanol–water partition coefficient (Wildman–Crippen LogP) is 4.96. The number of guanidine groups is 1. The summed E-state index contributed by atoms with van der Waals surface area (Å²) in [6.45, 7) is 1.59. The minimum absolute atomic E-state index is 0. The number of aliphatic imine (C=N–C) groups is 1. The number of alkyl halides is 3. The summed E-state index contributed by atoms with van der Waals surface area (Å²) in [6, 6.07) is 7.71. The summed E-state index contributed by atoms with van der Waals surface area (Å²) < 4.78 is 43.2. The Hall–Kier alpha value is -1.60. The molecular weight excluding hydrogens is 536 g/mol. The fourth-order valence-corrected chi connectivity index (χ4v) is 3.77. The van der Waals surface area contributed by atoms with Gasteiger partial charge in [-0.1, -0.05) is 6.07 Å². The van der Waals surface area contributed by atoms with E-state index in [2.05, 4.69) is 20.6 Å². The number of rotatable bonds is 8. The molecule has 0 fully saturated rings. The first-order valence-electron chi connectivity index (χ1n) is 8.59. The Kier molecular flexibility index (Phi) is 9.43. The Morgan fingerprint density at radius 3 is 2.52 bits per heavy atom. The molecule has 3 aromatic rings. The van der Waals surface area contributed by atoms with Crippen LogP contribution in [0.4, 0.5) is 13.2 Å². The van der Waals surface area contributed by atoms with E-state index in [0.29, 0.717) is 43.4 Å². The third kappa shape index (κ3) is 7.97. The third-order valence-electron chi connectivity index (χ3n) is 3.69. The molecule has 0 amide bonds. The van der Waals surface area contributed by atoms with Crippen LogP contribution in [0.15, 0.2) is 50.7 Å². The molecule has 3 heterocycles. The number of nitrogens with zero attached hydrogens (tertiary/aromatic N) is 2. The topological polar surface area (TPSA) is 62.5 Å². The first-order chi connectivity index (χ1) is 13.5. The maximum absolute atomic E-state index is 12.6. The summed E-state index contributed by atoms with van der Waals surface area (Å²) >= 11 is 2.63. The first-order valence-corrected chi connectivity index (χ1v) is 10.3. The molecule has 5 nitrogen and oxygen atoms in total. The maximum Gasteiger partial charge on any atom is 0.434 e. The summed E-state index contributed by atoms with van der Waals surface area (Å²) in [4.78, 5) is 9.31. The Morgan fingerprint density at radius 1 is 1.10 bits per heavy atom. The van der Waals surface area contributed by atoms with E-state index >= 15 is 0 Å². The van der Waals surface area contributed by atoms with Gasteiger partial charge < -0.3 is 15.1 Å². The summed E-state index contributed by atoms with van der Waals surface area (Å²) in [5.74, 6) is 1.47. The van der Waals surface area contributed by atoms with E-state index in [1.165, 1.54) is 0 Å². The zero-order valence-electron chi connectivity index (χ0n) is 15.2. The Labute approximate surface area is 191 Å². The maximum atomic E-state index is 12.6. The molecule has 0 aliphatic heterocycles. The van der Waals surface area contributed by atoms with E-state index in [0.717, 1.165) is 27.4 Å². The molecule has 3 rings (SSSR count). The van der Waals surface area contributed by atoms with E-state index in [1.807, 2.05) is 29.6 Å². The van der Waals surface area contributed by atoms with Gasteiger partial charge in [0.15, 0.2) is 11.7 Å². The van der Waals surface area contributed by atoms with Crippen LogP contribution < -0.4 is 10.6 Å². The van der Waals surface area contributed by atoms with Crippen LogP contribution in [0.3, 0.4) is 0 Å². The van der Waals surface area contributed by atoms with Gasteiger partial charge in [0.1, 0.15) is 5.76 Å². The average molecular weight is 556 g/mol. The van der Waals surface area contributed by atoms with Gasteiger partial charge in [-0.15, -0.1) is 46.7 Å². The van der Waals surface area contributed by atoms with Gasteiger partial charge in [-0.25, -0.2) is 9.98 Å². The van der Waals surface area contributed by atoms with Crippen LogP contribution in [0.1, 0.15) is 21.3 Å². The second-order valence-electron chi connectivity index (χ2n) is 5.80. The lowest BCUT2D eigenvalue weighted by molar-refractivity contribution is -0.140. The van der Waals surface area contributed by atoms with Crippen molar-refractivity contribution in [3.05, 3.63) is 62.6 Å². The van der Waals surface area contributed by atoms with Crippen molar-refractivity contribution in [1.82, 2.24) is 15.6 Å². The second kappa shape index (κ2) is 11.6. The lowest BCUT2D eigenvalue weighted by Gasteiger charge is -2.11. The number of nitrogens with one attached hydrogen (secondary N) is 2. The van der Waals surface area contributed by atoms with Gasteiger partial charge in [0.25, 0.3) is 0 Å². The van der Waals surface area contributed by atoms with Crippen LogP contribution in [0.25, 0.3) is 0 Å². The SMILES string of the molecule is FC(F)(F)c1csc(CCNC(=NCc2cccs2)NCCc2ccco2)n1.I. The van der Waals surface area contributed by atoms with Gasteiger partial charge in [0, 0.05) is 36.2 Å². The molecule has 0 spiro atoms. The lowest BCUT2D eigenvalue weighted by Crippen LogP contribution is -2.39. The van der Waals surface area contributed by atoms with Gasteiger partial charge in [-0.05, 0) is 23.6 Å². The molecule has 3 aromatic heterocycles. The van der Waals surface area contributed by atoms with Crippen LogP contribution in [0.5, 0.6) is 0 Å². The van der Waals surface area contributed by atoms with E-state index in [9.17, 15) is 13.2 Å². The summed E-state index contributed by atoms with van der Waals surface area (Å²) in [5.41, 5.74) is -0.837. The van der Waals surface area contributed by atoms with Crippen molar-refractivity contribution < 1.29 is 17.6 Å². The highest BCUT2D eigenvalue weighted by Crippen LogP contribution is 2.29. The van der Waals surface area contributed by atoms with Gasteiger partial charge >= 0.3 is 6.18 Å². The molecule has 0 aliphatic carbocycles. The van der Waals surface area contributed by atoms with Crippen molar-refractivity contribution in [1.29, 1.82) is 0 Å². The molecule has 0 aromatic carbocycles. The predicted molar refractivity (Wildman–Crippen MR) is 120 cm³/mol. The first kappa shape index (κ1) is 23.7. The number of thiophene rings is 1. The van der Waals surface area contributed by atoms with Crippen molar-refractivity contribution >= 4 is 52.6 Å². The highest BCUT2D eigenvalue weighted by atomic mass is 127. The quantitative estimate of drug-likeness (QED) is 0.234. The highest BCUT2D eigenvalue weighted by molar-refractivity contribution is 14.0. The number of aromatic nitrogens is 1. The van der Waals surface area contributed by atoms with Crippen molar-refractivity contribution in [3.8, 4) is 0 Å². The molecule has 0 radical (unpaired) electrons. The summed E-state index contributed by atoms with van der Waals surface area (Å²) in [5, 5.41) is 9.85. The molecule has 11 heteroatoms. The number of hydrogen-bond acceptors (Lipinski definition) is 5. The Bertz CT molecular complexity index is 864. The zero-order valence-corrected chi connectivity index (χ0v) is 19.2. The number of furan rings is 1. The summed E-state index contributed by atoms with van der Waals surface area (Å²) in [7, 11) is 0. The minimum Gasteiger partial charge on any atom is -0.469 e. The molecule has 0 atom stereocenters. The van der Waals surface area contributed by atoms with Gasteiger partial charge in [0.05, 0.1) is 17.8 Å². The van der Waals surface area contributed by atoms with Crippen molar-refractivity contribution in [3.63, 3.8) is 0 Å². The van der Waals surface area contributed by atoms with E-state index in [4.69, 9.17) is 4.42 Å². The van der Waals surface area contributed by atoms with E-state index < -0.39 is 11.9 Å². The zero-order chi connectivity index (χ0) is 19.8. The fourth-order valence-electron chi connectivity index (χ4n) is 2.34. The average Bonchev–Trinajstić information content (AvgIpc) is 3.40. The smallest absolute Gasteiger partial charge is 0.434 e. The number of hydrogen-bond donors (Lipinski definition) is 2. The number of halogens is 4. The standard InChI is InChI=1S/C18H19F3N4OS2.HI/c19-18(20,21)15-12-28-16(25-15)6-8-23-17(24-11-14-4-2-10-27-14)22-7-5-13-3-1-9-26-13;/h1-4,9-10,12H,5-8,11H2,(H2,22,23,24);1H. The Balaban J connectivity index is 0.00000300. The van der Waals surface area contributed by atoms with E-state index in [1.54, 1.807) is 17.6 Å². The normalized spacial score (nSPS) is 11.9. The number of thiazole rings is 1. The van der Waals surface area contributed by atoms with Crippen molar-refractivity contribution in [2.45, 2.75) is 25.6 Å². The molecule has 158 valence electrons. The van der Waals surface area contributed by atoms with Crippen LogP contribution in [0.2, 0.25) is 0 Å². The highest BCUT2D eigenvalue weighted by Gasteiger charge is 2.33. The molecule has 0 unspecified atom stereocenters. The minimum atomic E-state index is -4.40. The molecule has 0 aliphatic rings. The van der Waals surface area contributed by atoms with Crippen molar-refractivity contribution in [2.75, 3.05) is 13.1 Å².